The number of likely N-dealkylation sites (N-methyl/N-ethyl adjacent to an activating group) is 1. The number of aromatic amines is 1. The summed E-state index contributed by atoms with van der Waals surface area (Å²) in [6, 6.07) is 3.45. The minimum absolute atomic E-state index is 0.00919. The molecule has 2 aromatic rings. The molecular formula is C14H21N3O2S. The second kappa shape index (κ2) is 5.95. The van der Waals surface area contributed by atoms with Crippen LogP contribution in [0.4, 0.5) is 0 Å². The molecular weight excluding hydrogens is 274 g/mol. The number of hydrogen-bond donors (Lipinski definition) is 2. The number of sulfonamides is 1. The van der Waals surface area contributed by atoms with Gasteiger partial charge in [0.05, 0.1) is 7.08 Å². The van der Waals surface area contributed by atoms with Gasteiger partial charge in [-0.05, 0) is 50.7 Å². The van der Waals surface area contributed by atoms with Gasteiger partial charge in [-0.1, -0.05) is 6.07 Å². The van der Waals surface area contributed by atoms with Gasteiger partial charge < -0.3 is 9.88 Å². The van der Waals surface area contributed by atoms with E-state index in [1.807, 2.05) is 0 Å². The summed E-state index contributed by atoms with van der Waals surface area (Å²) in [6.07, 6.45) is -0.813. The summed E-state index contributed by atoms with van der Waals surface area (Å²) in [7, 11) is -3.95. The molecule has 5 nitrogen and oxygen atoms in total. The molecule has 0 saturated heterocycles. The third kappa shape index (κ3) is 3.59. The summed E-state index contributed by atoms with van der Waals surface area (Å²) in [5.41, 5.74) is -3.33. The molecule has 0 spiro atoms. The Morgan fingerprint density at radius 3 is 3.15 bits per heavy atom. The summed E-state index contributed by atoms with van der Waals surface area (Å²) in [5.74, 6) is 0. The maximum Gasteiger partial charge on any atom is 0.215 e. The van der Waals surface area contributed by atoms with Crippen molar-refractivity contribution in [1.29, 1.82) is 0 Å². The fraction of sp³-hybridized carbons (Fsp3) is 0.429. The zero-order valence-corrected chi connectivity index (χ0v) is 11.4. The highest BCUT2D eigenvalue weighted by Crippen LogP contribution is 2.21. The Labute approximate surface area is 135 Å². The lowest BCUT2D eigenvalue weighted by atomic mass is 10.1. The van der Waals surface area contributed by atoms with Gasteiger partial charge in [-0.25, -0.2) is 13.1 Å². The Hall–Kier alpha value is -1.37. The number of nitrogens with one attached hydrogen (secondary N) is 2. The van der Waals surface area contributed by atoms with Crippen molar-refractivity contribution in [3.8, 4) is 0 Å². The van der Waals surface area contributed by atoms with Crippen LogP contribution in [0.25, 0.3) is 10.9 Å². The summed E-state index contributed by atoms with van der Waals surface area (Å²) in [4.78, 5) is 3.17. The van der Waals surface area contributed by atoms with Crippen molar-refractivity contribution in [2.45, 2.75) is 12.1 Å². The third-order valence-corrected chi connectivity index (χ3v) is 3.35. The highest BCUT2D eigenvalue weighted by molar-refractivity contribution is 7.88. The Bertz CT molecular complexity index is 1070. The van der Waals surface area contributed by atoms with Crippen molar-refractivity contribution in [3.63, 3.8) is 0 Å². The molecule has 1 heterocycles. The summed E-state index contributed by atoms with van der Waals surface area (Å²) in [6.45, 7) is -8.32. The Kier molecular flexibility index (Phi) is 1.84. The Balaban J connectivity index is 2.57. The molecule has 0 bridgehead atoms. The number of aryl methyl sites for hydroxylation is 1. The summed E-state index contributed by atoms with van der Waals surface area (Å²) in [5, 5.41) is 0.110. The predicted octanol–water partition coefficient (Wildman–Crippen LogP) is 1.32. The highest BCUT2D eigenvalue weighted by atomic mass is 32.2. The lowest BCUT2D eigenvalue weighted by Gasteiger charge is -2.08. The summed E-state index contributed by atoms with van der Waals surface area (Å²) >= 11 is 0. The Morgan fingerprint density at radius 1 is 1.55 bits per heavy atom. The molecule has 0 atom stereocenters. The molecule has 0 amide bonds. The molecule has 2 N–H and O–H groups in total. The number of fused-ring (bicyclic) bond motifs is 1. The molecule has 0 saturated carbocycles. The minimum atomic E-state index is -5.01. The molecule has 0 aliphatic heterocycles. The maximum atomic E-state index is 12.3. The van der Waals surface area contributed by atoms with Crippen molar-refractivity contribution in [2.24, 2.45) is 0 Å². The van der Waals surface area contributed by atoms with E-state index in [-0.39, 0.29) is 22.6 Å². The van der Waals surface area contributed by atoms with Crippen molar-refractivity contribution in [2.75, 3.05) is 27.5 Å². The summed E-state index contributed by atoms with van der Waals surface area (Å²) < 4.78 is 109. The minimum Gasteiger partial charge on any atom is -0.361 e. The van der Waals surface area contributed by atoms with Gasteiger partial charge in [-0.3, -0.25) is 0 Å². The smallest absolute Gasteiger partial charge is 0.215 e. The second-order valence-corrected chi connectivity index (χ2v) is 5.51. The molecule has 1 aromatic carbocycles. The van der Waals surface area contributed by atoms with Crippen LogP contribution in [0.5, 0.6) is 0 Å². The van der Waals surface area contributed by atoms with E-state index in [4.69, 9.17) is 15.1 Å². The van der Waals surface area contributed by atoms with Gasteiger partial charge in [0.15, 0.2) is 0 Å². The molecule has 110 valence electrons. The van der Waals surface area contributed by atoms with E-state index in [1.54, 1.807) is 0 Å². The second-order valence-electron chi connectivity index (χ2n) is 4.09. The number of nitrogens with zero attached hydrogens (tertiary/aromatic N) is 1. The van der Waals surface area contributed by atoms with Crippen molar-refractivity contribution < 1.29 is 23.5 Å². The van der Waals surface area contributed by atoms with Crippen LogP contribution < -0.4 is 4.72 Å². The van der Waals surface area contributed by atoms with E-state index in [0.717, 1.165) is 19.2 Å². The zero-order valence-electron chi connectivity index (χ0n) is 21.6. The van der Waals surface area contributed by atoms with Crippen LogP contribution in [0.1, 0.15) is 26.2 Å². The molecule has 2 rings (SSSR count). The quantitative estimate of drug-likeness (QED) is 0.846. The molecule has 1 aromatic heterocycles. The molecule has 20 heavy (non-hydrogen) atoms. The number of hydrogen-bond acceptors (Lipinski definition) is 3. The normalized spacial score (nSPS) is 23.2. The van der Waals surface area contributed by atoms with Crippen molar-refractivity contribution in [1.82, 2.24) is 14.6 Å². The van der Waals surface area contributed by atoms with E-state index < -0.39 is 48.2 Å². The van der Waals surface area contributed by atoms with Crippen LogP contribution >= 0.6 is 0 Å². The monoisotopic (exact) mass is 306 g/mol. The van der Waals surface area contributed by atoms with Crippen LogP contribution in [0.15, 0.2) is 24.4 Å². The van der Waals surface area contributed by atoms with Gasteiger partial charge in [0, 0.05) is 37.3 Å². The van der Waals surface area contributed by atoms with Crippen molar-refractivity contribution in [3.05, 3.63) is 35.5 Å². The lowest BCUT2D eigenvalue weighted by Crippen LogP contribution is -2.20. The van der Waals surface area contributed by atoms with Crippen LogP contribution in [0.3, 0.4) is 0 Å². The standard InChI is InChI=1S/C14H21N3O2S/c1-15-20(18,19)10-11-4-5-14-13(8-11)12(9-16-14)6-7-17(2)3/h4-5,8-9,15-16H,6-7,10H2,1-3H3/i1D3,2D3,7D2,9D,10D2. The largest absolute Gasteiger partial charge is 0.361 e. The van der Waals surface area contributed by atoms with Crippen LogP contribution in [-0.2, 0) is 22.1 Å². The van der Waals surface area contributed by atoms with Crippen LogP contribution in [-0.4, -0.2) is 45.8 Å². The topological polar surface area (TPSA) is 65.2 Å². The average molecular weight is 306 g/mol. The molecule has 0 radical (unpaired) electrons. The number of rotatable bonds is 6. The van der Waals surface area contributed by atoms with Gasteiger partial charge in [-0.2, -0.15) is 0 Å². The number of H-pyrrole nitrogens is 1. The fourth-order valence-electron chi connectivity index (χ4n) is 1.69. The van der Waals surface area contributed by atoms with E-state index >= 15 is 0 Å². The molecule has 0 aliphatic rings. The molecule has 0 fully saturated rings. The average Bonchev–Trinajstić information content (AvgIpc) is 2.85. The van der Waals surface area contributed by atoms with E-state index in [2.05, 4.69) is 4.98 Å². The van der Waals surface area contributed by atoms with Gasteiger partial charge >= 0.3 is 0 Å². The maximum absolute atomic E-state index is 12.3. The highest BCUT2D eigenvalue weighted by Gasteiger charge is 2.11. The first kappa shape index (κ1) is 6.17. The van der Waals surface area contributed by atoms with Gasteiger partial charge in [-0.15, -0.1) is 0 Å². The first-order valence-electron chi connectivity index (χ1n) is 11.1. The third-order valence-electron chi connectivity index (χ3n) is 2.57. The van der Waals surface area contributed by atoms with Gasteiger partial charge in [0.25, 0.3) is 0 Å². The fourth-order valence-corrected chi connectivity index (χ4v) is 2.18. The SMILES string of the molecule is [2H]c1[nH]c2ccc(C([2H])([2H])S(=O)(=O)NC([2H])([2H])[2H])cc2c1CC([2H])([2H])N(C)C([2H])([2H])[2H]. The number of aromatic nitrogens is 1. The predicted molar refractivity (Wildman–Crippen MR) is 82.2 cm³/mol. The van der Waals surface area contributed by atoms with Crippen LogP contribution in [0.2, 0.25) is 0 Å². The van der Waals surface area contributed by atoms with Gasteiger partial charge in [0.2, 0.25) is 10.0 Å². The first-order chi connectivity index (χ1) is 13.7. The Morgan fingerprint density at radius 2 is 2.40 bits per heavy atom. The van der Waals surface area contributed by atoms with E-state index in [0.29, 0.717) is 4.90 Å². The molecule has 0 aliphatic carbocycles. The lowest BCUT2D eigenvalue weighted by molar-refractivity contribution is 0.414. The van der Waals surface area contributed by atoms with E-state index in [1.165, 1.54) is 10.8 Å². The number of benzene rings is 1. The van der Waals surface area contributed by atoms with E-state index in [9.17, 15) is 8.42 Å². The van der Waals surface area contributed by atoms with Crippen LogP contribution in [0, 0.1) is 0 Å². The van der Waals surface area contributed by atoms with Gasteiger partial charge in [0.1, 0.15) is 0 Å². The molecule has 0 unspecified atom stereocenters. The molecule has 6 heteroatoms. The van der Waals surface area contributed by atoms with Crippen molar-refractivity contribution >= 4 is 20.9 Å². The zero-order chi connectivity index (χ0) is 24.2. The first-order valence-corrected chi connectivity index (χ1v) is 7.06.